The van der Waals surface area contributed by atoms with Crippen molar-refractivity contribution >= 4 is 11.8 Å². The standard InChI is InChI=1S/C23H32N2O2/c1-17-10-8-9-15-20(17)22-23(27)24(18-11-4-2-5-12-18)16-21(26)25(22)19-13-6-3-7-14-19/h8-10,15,18-19,22H,2-7,11-14,16H2,1H3/t22-/m1/s1. The number of aryl methyl sites for hydroxylation is 1. The van der Waals surface area contributed by atoms with E-state index in [1.54, 1.807) is 0 Å². The molecule has 1 heterocycles. The number of hydrogen-bond donors (Lipinski definition) is 0. The zero-order valence-electron chi connectivity index (χ0n) is 16.5. The van der Waals surface area contributed by atoms with E-state index in [0.29, 0.717) is 0 Å². The molecule has 2 aliphatic carbocycles. The van der Waals surface area contributed by atoms with Gasteiger partial charge in [-0.3, -0.25) is 9.59 Å². The van der Waals surface area contributed by atoms with E-state index in [4.69, 9.17) is 0 Å². The molecule has 4 nitrogen and oxygen atoms in total. The van der Waals surface area contributed by atoms with Crippen molar-refractivity contribution in [2.75, 3.05) is 6.54 Å². The van der Waals surface area contributed by atoms with Crippen molar-refractivity contribution in [1.29, 1.82) is 0 Å². The molecule has 0 radical (unpaired) electrons. The summed E-state index contributed by atoms with van der Waals surface area (Å²) in [7, 11) is 0. The molecule has 1 aromatic carbocycles. The molecule has 0 spiro atoms. The summed E-state index contributed by atoms with van der Waals surface area (Å²) in [5.41, 5.74) is 2.12. The molecule has 0 N–H and O–H groups in total. The minimum absolute atomic E-state index is 0.153. The number of piperazine rings is 1. The Morgan fingerprint density at radius 2 is 1.41 bits per heavy atom. The summed E-state index contributed by atoms with van der Waals surface area (Å²) in [5, 5.41) is 0. The van der Waals surface area contributed by atoms with E-state index in [1.165, 1.54) is 25.7 Å². The first-order chi connectivity index (χ1) is 13.2. The Hall–Kier alpha value is -1.84. The van der Waals surface area contributed by atoms with Crippen LogP contribution in [-0.2, 0) is 9.59 Å². The number of nitrogens with zero attached hydrogens (tertiary/aromatic N) is 2. The van der Waals surface area contributed by atoms with Crippen LogP contribution in [0.15, 0.2) is 24.3 Å². The van der Waals surface area contributed by atoms with Crippen molar-refractivity contribution in [2.24, 2.45) is 0 Å². The largest absolute Gasteiger partial charge is 0.328 e. The van der Waals surface area contributed by atoms with Crippen LogP contribution in [0, 0.1) is 6.92 Å². The fourth-order valence-corrected chi connectivity index (χ4v) is 5.38. The van der Waals surface area contributed by atoms with E-state index in [9.17, 15) is 9.59 Å². The smallest absolute Gasteiger partial charge is 0.250 e. The fraction of sp³-hybridized carbons (Fsp3) is 0.652. The molecule has 0 bridgehead atoms. The molecule has 27 heavy (non-hydrogen) atoms. The first-order valence-corrected chi connectivity index (χ1v) is 10.8. The van der Waals surface area contributed by atoms with Crippen molar-refractivity contribution in [3.8, 4) is 0 Å². The molecule has 1 aliphatic heterocycles. The third kappa shape index (κ3) is 3.63. The topological polar surface area (TPSA) is 40.6 Å². The van der Waals surface area contributed by atoms with E-state index in [-0.39, 0.29) is 30.4 Å². The summed E-state index contributed by atoms with van der Waals surface area (Å²) in [6.07, 6.45) is 11.3. The SMILES string of the molecule is Cc1ccccc1[C@@H]1C(=O)N(C2CCCCC2)CC(=O)N1C1CCCCC1. The van der Waals surface area contributed by atoms with Gasteiger partial charge in [-0.05, 0) is 43.7 Å². The molecule has 2 saturated carbocycles. The van der Waals surface area contributed by atoms with E-state index in [2.05, 4.69) is 13.0 Å². The zero-order chi connectivity index (χ0) is 18.8. The van der Waals surface area contributed by atoms with Gasteiger partial charge < -0.3 is 9.80 Å². The average molecular weight is 369 g/mol. The molecule has 4 heteroatoms. The van der Waals surface area contributed by atoms with Gasteiger partial charge in [0.1, 0.15) is 12.6 Å². The van der Waals surface area contributed by atoms with Gasteiger partial charge in [0.15, 0.2) is 0 Å². The Morgan fingerprint density at radius 3 is 2.04 bits per heavy atom. The Labute approximate surface area is 162 Å². The highest BCUT2D eigenvalue weighted by Crippen LogP contribution is 2.37. The molecule has 3 fully saturated rings. The number of hydrogen-bond acceptors (Lipinski definition) is 2. The van der Waals surface area contributed by atoms with Crippen LogP contribution in [0.5, 0.6) is 0 Å². The Kier molecular flexibility index (Phi) is 5.51. The van der Waals surface area contributed by atoms with Crippen LogP contribution in [0.1, 0.15) is 81.4 Å². The van der Waals surface area contributed by atoms with Gasteiger partial charge in [-0.25, -0.2) is 0 Å². The highest BCUT2D eigenvalue weighted by atomic mass is 16.2. The number of amides is 2. The Morgan fingerprint density at radius 1 is 0.815 bits per heavy atom. The van der Waals surface area contributed by atoms with Crippen molar-refractivity contribution in [2.45, 2.75) is 89.3 Å². The maximum atomic E-state index is 13.7. The summed E-state index contributed by atoms with van der Waals surface area (Å²) in [5.74, 6) is 0.307. The molecular weight excluding hydrogens is 336 g/mol. The van der Waals surface area contributed by atoms with Crippen LogP contribution in [0.4, 0.5) is 0 Å². The minimum Gasteiger partial charge on any atom is -0.328 e. The lowest BCUT2D eigenvalue weighted by Gasteiger charge is -2.48. The predicted molar refractivity (Wildman–Crippen MR) is 106 cm³/mol. The maximum Gasteiger partial charge on any atom is 0.250 e. The lowest BCUT2D eigenvalue weighted by atomic mass is 9.87. The number of rotatable bonds is 3. The molecule has 4 rings (SSSR count). The van der Waals surface area contributed by atoms with Crippen LogP contribution in [-0.4, -0.2) is 40.2 Å². The summed E-state index contributed by atoms with van der Waals surface area (Å²) in [4.78, 5) is 30.9. The highest BCUT2D eigenvalue weighted by molar-refractivity contribution is 5.96. The summed E-state index contributed by atoms with van der Waals surface area (Å²) in [6, 6.07) is 8.15. The van der Waals surface area contributed by atoms with Crippen molar-refractivity contribution in [3.05, 3.63) is 35.4 Å². The first kappa shape index (κ1) is 18.5. The predicted octanol–water partition coefficient (Wildman–Crippen LogP) is 4.37. The van der Waals surface area contributed by atoms with Crippen LogP contribution >= 0.6 is 0 Å². The van der Waals surface area contributed by atoms with E-state index in [0.717, 1.165) is 49.7 Å². The monoisotopic (exact) mass is 368 g/mol. The molecule has 1 aromatic rings. The lowest BCUT2D eigenvalue weighted by Crippen LogP contribution is -2.61. The summed E-state index contributed by atoms with van der Waals surface area (Å²) in [6.45, 7) is 2.34. The third-order valence-electron chi connectivity index (χ3n) is 6.86. The van der Waals surface area contributed by atoms with Crippen molar-refractivity contribution in [3.63, 3.8) is 0 Å². The second-order valence-corrected chi connectivity index (χ2v) is 8.61. The quantitative estimate of drug-likeness (QED) is 0.795. The first-order valence-electron chi connectivity index (χ1n) is 10.8. The Balaban J connectivity index is 1.69. The van der Waals surface area contributed by atoms with E-state index < -0.39 is 6.04 Å². The highest BCUT2D eigenvalue weighted by Gasteiger charge is 2.45. The van der Waals surface area contributed by atoms with Crippen LogP contribution in [0.2, 0.25) is 0 Å². The number of benzene rings is 1. The molecular formula is C23H32N2O2. The van der Waals surface area contributed by atoms with Crippen molar-refractivity contribution in [1.82, 2.24) is 9.80 Å². The summed E-state index contributed by atoms with van der Waals surface area (Å²) >= 11 is 0. The van der Waals surface area contributed by atoms with Gasteiger partial charge in [-0.2, -0.15) is 0 Å². The minimum atomic E-state index is -0.433. The number of carbonyl (C=O) groups is 2. The molecule has 146 valence electrons. The molecule has 1 atom stereocenters. The molecule has 1 saturated heterocycles. The van der Waals surface area contributed by atoms with Crippen LogP contribution in [0.3, 0.4) is 0 Å². The van der Waals surface area contributed by atoms with Gasteiger partial charge in [0.2, 0.25) is 5.91 Å². The molecule has 3 aliphatic rings. The normalized spacial score (nSPS) is 25.9. The van der Waals surface area contributed by atoms with Crippen molar-refractivity contribution < 1.29 is 9.59 Å². The molecule has 0 aromatic heterocycles. The van der Waals surface area contributed by atoms with Gasteiger partial charge in [-0.15, -0.1) is 0 Å². The average Bonchev–Trinajstić information content (AvgIpc) is 2.71. The summed E-state index contributed by atoms with van der Waals surface area (Å²) < 4.78 is 0. The fourth-order valence-electron chi connectivity index (χ4n) is 5.38. The van der Waals surface area contributed by atoms with Gasteiger partial charge in [-0.1, -0.05) is 62.8 Å². The zero-order valence-corrected chi connectivity index (χ0v) is 16.5. The molecule has 2 amide bonds. The second-order valence-electron chi connectivity index (χ2n) is 8.61. The Bertz CT molecular complexity index is 689. The molecule has 0 unspecified atom stereocenters. The van der Waals surface area contributed by atoms with Crippen LogP contribution in [0.25, 0.3) is 0 Å². The third-order valence-corrected chi connectivity index (χ3v) is 6.86. The number of carbonyl (C=O) groups excluding carboxylic acids is 2. The van der Waals surface area contributed by atoms with Gasteiger partial charge in [0.05, 0.1) is 0 Å². The maximum absolute atomic E-state index is 13.7. The second kappa shape index (κ2) is 8.04. The lowest BCUT2D eigenvalue weighted by molar-refractivity contribution is -0.162. The van der Waals surface area contributed by atoms with Crippen LogP contribution < -0.4 is 0 Å². The van der Waals surface area contributed by atoms with E-state index >= 15 is 0 Å². The van der Waals surface area contributed by atoms with Gasteiger partial charge >= 0.3 is 0 Å². The van der Waals surface area contributed by atoms with E-state index in [1.807, 2.05) is 28.0 Å². The van der Waals surface area contributed by atoms with Gasteiger partial charge in [0.25, 0.3) is 5.91 Å². The van der Waals surface area contributed by atoms with Gasteiger partial charge in [0, 0.05) is 12.1 Å².